The third-order valence-corrected chi connectivity index (χ3v) is 2.15. The molecule has 0 saturated carbocycles. The number of nitrogens with one attached hydrogen (secondary N) is 1. The van der Waals surface area contributed by atoms with Crippen LogP contribution in [0.3, 0.4) is 0 Å². The molecule has 0 aliphatic carbocycles. The van der Waals surface area contributed by atoms with Crippen LogP contribution in [0, 0.1) is 17.1 Å². The van der Waals surface area contributed by atoms with Crippen LogP contribution in [0.15, 0.2) is 24.0 Å². The van der Waals surface area contributed by atoms with Crippen molar-refractivity contribution in [3.8, 4) is 6.07 Å². The van der Waals surface area contributed by atoms with Crippen LogP contribution in [0.4, 0.5) is 23.4 Å². The van der Waals surface area contributed by atoms with Crippen LogP contribution < -0.4 is 5.32 Å². The van der Waals surface area contributed by atoms with E-state index in [9.17, 15) is 22.4 Å². The molecule has 21 heavy (non-hydrogen) atoms. The van der Waals surface area contributed by atoms with Crippen LogP contribution in [-0.4, -0.2) is 29.9 Å². The Morgan fingerprint density at radius 3 is 2.52 bits per heavy atom. The minimum absolute atomic E-state index is 0.213. The lowest BCUT2D eigenvalue weighted by Crippen LogP contribution is -2.18. The molecule has 1 aromatic heterocycles. The standard InChI is InChI=1S/C12H10F4N4O/c1-20(2)6-7(4-17)11(21)19-10-9(13)3-8(5-18-10)12(14,15)16/h3,5-6H,1-2H3,(H,18,19,21). The summed E-state index contributed by atoms with van der Waals surface area (Å²) in [5, 5.41) is 10.7. The summed E-state index contributed by atoms with van der Waals surface area (Å²) >= 11 is 0. The molecule has 1 rings (SSSR count). The molecule has 1 N–H and O–H groups in total. The second-order valence-electron chi connectivity index (χ2n) is 4.12. The van der Waals surface area contributed by atoms with E-state index in [4.69, 9.17) is 5.26 Å². The van der Waals surface area contributed by atoms with Crippen molar-refractivity contribution in [2.24, 2.45) is 0 Å². The summed E-state index contributed by atoms with van der Waals surface area (Å²) in [7, 11) is 3.11. The van der Waals surface area contributed by atoms with E-state index in [1.807, 2.05) is 5.32 Å². The van der Waals surface area contributed by atoms with E-state index < -0.39 is 29.3 Å². The monoisotopic (exact) mass is 302 g/mol. The van der Waals surface area contributed by atoms with Gasteiger partial charge in [-0.1, -0.05) is 0 Å². The van der Waals surface area contributed by atoms with Crippen molar-refractivity contribution < 1.29 is 22.4 Å². The number of nitrogens with zero attached hydrogens (tertiary/aromatic N) is 3. The highest BCUT2D eigenvalue weighted by molar-refractivity contribution is 6.06. The van der Waals surface area contributed by atoms with Crippen LogP contribution in [0.2, 0.25) is 0 Å². The fourth-order valence-electron chi connectivity index (χ4n) is 1.26. The van der Waals surface area contributed by atoms with Gasteiger partial charge in [-0.15, -0.1) is 0 Å². The van der Waals surface area contributed by atoms with Crippen LogP contribution in [-0.2, 0) is 11.0 Å². The summed E-state index contributed by atoms with van der Waals surface area (Å²) in [5.41, 5.74) is -1.62. The Labute approximate surface area is 117 Å². The molecule has 0 saturated heterocycles. The predicted octanol–water partition coefficient (Wildman–Crippen LogP) is 2.15. The fraction of sp³-hybridized carbons (Fsp3) is 0.250. The number of alkyl halides is 3. The van der Waals surface area contributed by atoms with Crippen LogP contribution in [0.25, 0.3) is 0 Å². The molecule has 0 aliphatic rings. The molecule has 9 heteroatoms. The molecular formula is C12H10F4N4O. The Hall–Kier alpha value is -2.63. The molecule has 1 heterocycles. The molecule has 0 unspecified atom stereocenters. The molecule has 0 aliphatic heterocycles. The average molecular weight is 302 g/mol. The number of halogens is 4. The summed E-state index contributed by atoms with van der Waals surface area (Å²) in [6.45, 7) is 0. The van der Waals surface area contributed by atoms with Gasteiger partial charge in [0.15, 0.2) is 11.6 Å². The predicted molar refractivity (Wildman–Crippen MR) is 65.2 cm³/mol. The summed E-state index contributed by atoms with van der Waals surface area (Å²) in [5.74, 6) is -3.01. The Balaban J connectivity index is 3.00. The topological polar surface area (TPSA) is 69.0 Å². The van der Waals surface area contributed by atoms with E-state index in [-0.39, 0.29) is 11.6 Å². The van der Waals surface area contributed by atoms with Gasteiger partial charge in [-0.2, -0.15) is 18.4 Å². The number of rotatable bonds is 3. The average Bonchev–Trinajstić information content (AvgIpc) is 2.36. The first-order valence-electron chi connectivity index (χ1n) is 5.47. The van der Waals surface area contributed by atoms with E-state index in [0.717, 1.165) is 0 Å². The number of nitriles is 1. The van der Waals surface area contributed by atoms with Gasteiger partial charge in [0.05, 0.1) is 5.56 Å². The number of carbonyl (C=O) groups is 1. The SMILES string of the molecule is CN(C)C=C(C#N)C(=O)Nc1ncc(C(F)(F)F)cc1F. The maximum Gasteiger partial charge on any atom is 0.417 e. The van der Waals surface area contributed by atoms with E-state index >= 15 is 0 Å². The number of aromatic nitrogens is 1. The highest BCUT2D eigenvalue weighted by Crippen LogP contribution is 2.30. The van der Waals surface area contributed by atoms with Crippen LogP contribution >= 0.6 is 0 Å². The number of pyridine rings is 1. The van der Waals surface area contributed by atoms with Crippen molar-refractivity contribution in [1.29, 1.82) is 5.26 Å². The van der Waals surface area contributed by atoms with Crippen molar-refractivity contribution in [1.82, 2.24) is 9.88 Å². The largest absolute Gasteiger partial charge is 0.417 e. The zero-order chi connectivity index (χ0) is 16.2. The first-order valence-corrected chi connectivity index (χ1v) is 5.47. The number of amides is 1. The van der Waals surface area contributed by atoms with Gasteiger partial charge in [0.25, 0.3) is 5.91 Å². The van der Waals surface area contributed by atoms with E-state index in [1.54, 1.807) is 20.2 Å². The van der Waals surface area contributed by atoms with Gasteiger partial charge in [0.2, 0.25) is 0 Å². The molecule has 112 valence electrons. The van der Waals surface area contributed by atoms with E-state index in [1.165, 1.54) is 11.1 Å². The summed E-state index contributed by atoms with van der Waals surface area (Å²) in [6.07, 6.45) is -3.17. The van der Waals surface area contributed by atoms with Gasteiger partial charge in [-0.05, 0) is 6.07 Å². The van der Waals surface area contributed by atoms with Crippen molar-refractivity contribution >= 4 is 11.7 Å². The molecule has 0 aromatic carbocycles. The third-order valence-electron chi connectivity index (χ3n) is 2.15. The zero-order valence-corrected chi connectivity index (χ0v) is 11.0. The Morgan fingerprint density at radius 1 is 1.48 bits per heavy atom. The lowest BCUT2D eigenvalue weighted by molar-refractivity contribution is -0.138. The van der Waals surface area contributed by atoms with Crippen molar-refractivity contribution in [2.45, 2.75) is 6.18 Å². The molecular weight excluding hydrogens is 292 g/mol. The highest BCUT2D eigenvalue weighted by atomic mass is 19.4. The van der Waals surface area contributed by atoms with Crippen LogP contribution in [0.1, 0.15) is 5.56 Å². The first-order chi connectivity index (χ1) is 9.65. The number of hydrogen-bond donors (Lipinski definition) is 1. The Kier molecular flexibility index (Phi) is 4.86. The molecule has 0 radical (unpaired) electrons. The maximum atomic E-state index is 13.5. The second-order valence-corrected chi connectivity index (χ2v) is 4.12. The normalized spacial score (nSPS) is 11.8. The van der Waals surface area contributed by atoms with Gasteiger partial charge in [0.1, 0.15) is 11.6 Å². The quantitative estimate of drug-likeness (QED) is 0.528. The molecule has 1 amide bonds. The third kappa shape index (κ3) is 4.45. The number of hydrogen-bond acceptors (Lipinski definition) is 4. The minimum atomic E-state index is -4.74. The lowest BCUT2D eigenvalue weighted by atomic mass is 10.2. The summed E-state index contributed by atoms with van der Waals surface area (Å²) in [4.78, 5) is 16.3. The summed E-state index contributed by atoms with van der Waals surface area (Å²) < 4.78 is 50.5. The summed E-state index contributed by atoms with van der Waals surface area (Å²) in [6, 6.07) is 1.80. The smallest absolute Gasteiger partial charge is 0.382 e. The van der Waals surface area contributed by atoms with E-state index in [2.05, 4.69) is 4.98 Å². The Bertz CT molecular complexity index is 617. The van der Waals surface area contributed by atoms with Gasteiger partial charge in [-0.3, -0.25) is 4.79 Å². The van der Waals surface area contributed by atoms with Gasteiger partial charge in [0, 0.05) is 26.5 Å². The van der Waals surface area contributed by atoms with Crippen molar-refractivity contribution in [3.63, 3.8) is 0 Å². The van der Waals surface area contributed by atoms with Gasteiger partial charge in [-0.25, -0.2) is 9.37 Å². The van der Waals surface area contributed by atoms with Gasteiger partial charge >= 0.3 is 6.18 Å². The molecule has 0 spiro atoms. The zero-order valence-electron chi connectivity index (χ0n) is 11.0. The van der Waals surface area contributed by atoms with Crippen LogP contribution in [0.5, 0.6) is 0 Å². The maximum absolute atomic E-state index is 13.5. The van der Waals surface area contributed by atoms with Gasteiger partial charge < -0.3 is 10.2 Å². The lowest BCUT2D eigenvalue weighted by Gasteiger charge is -2.10. The van der Waals surface area contributed by atoms with Crippen molar-refractivity contribution in [2.75, 3.05) is 19.4 Å². The molecule has 0 atom stereocenters. The second kappa shape index (κ2) is 6.21. The Morgan fingerprint density at radius 2 is 2.10 bits per heavy atom. The highest BCUT2D eigenvalue weighted by Gasteiger charge is 2.32. The fourth-order valence-corrected chi connectivity index (χ4v) is 1.26. The molecule has 0 bridgehead atoms. The van der Waals surface area contributed by atoms with E-state index in [0.29, 0.717) is 6.20 Å². The first kappa shape index (κ1) is 16.4. The molecule has 5 nitrogen and oxygen atoms in total. The molecule has 0 fully saturated rings. The minimum Gasteiger partial charge on any atom is -0.382 e. The van der Waals surface area contributed by atoms with Crippen molar-refractivity contribution in [3.05, 3.63) is 35.4 Å². The number of carbonyl (C=O) groups excluding carboxylic acids is 1. The number of anilines is 1. The molecule has 1 aromatic rings.